The molecule has 1 aromatic rings. The summed E-state index contributed by atoms with van der Waals surface area (Å²) in [6, 6.07) is 6.40. The molecule has 0 spiro atoms. The SMILES string of the molecule is CCC(CO)N=C1NS(=O)(=O)c2ccccc21. The Balaban J connectivity index is 2.48. The number of benzene rings is 1. The normalized spacial score (nSPS) is 20.9. The van der Waals surface area contributed by atoms with Crippen molar-refractivity contribution in [3.8, 4) is 0 Å². The summed E-state index contributed by atoms with van der Waals surface area (Å²) in [5.41, 5.74) is 0.569. The van der Waals surface area contributed by atoms with E-state index in [1.807, 2.05) is 6.92 Å². The maximum atomic E-state index is 11.8. The summed E-state index contributed by atoms with van der Waals surface area (Å²) in [7, 11) is -3.48. The zero-order valence-corrected chi connectivity index (χ0v) is 10.2. The van der Waals surface area contributed by atoms with Crippen molar-refractivity contribution in [2.45, 2.75) is 24.3 Å². The fraction of sp³-hybridized carbons (Fsp3) is 0.364. The molecule has 0 saturated carbocycles. The van der Waals surface area contributed by atoms with Gasteiger partial charge in [0.15, 0.2) is 0 Å². The average Bonchev–Trinajstić information content (AvgIpc) is 2.59. The molecule has 0 fully saturated rings. The maximum Gasteiger partial charge on any atom is 0.263 e. The first-order valence-corrected chi connectivity index (χ1v) is 6.87. The van der Waals surface area contributed by atoms with E-state index in [1.54, 1.807) is 24.3 Å². The lowest BCUT2D eigenvalue weighted by atomic mass is 10.2. The van der Waals surface area contributed by atoms with Gasteiger partial charge in [-0.3, -0.25) is 9.71 Å². The minimum Gasteiger partial charge on any atom is -0.394 e. The van der Waals surface area contributed by atoms with E-state index in [0.717, 1.165) is 0 Å². The Morgan fingerprint density at radius 2 is 2.12 bits per heavy atom. The van der Waals surface area contributed by atoms with E-state index in [-0.39, 0.29) is 17.5 Å². The molecule has 1 aromatic carbocycles. The van der Waals surface area contributed by atoms with Gasteiger partial charge >= 0.3 is 0 Å². The first kappa shape index (κ1) is 12.1. The molecule has 0 aromatic heterocycles. The van der Waals surface area contributed by atoms with Crippen LogP contribution < -0.4 is 4.72 Å². The molecule has 0 aliphatic carbocycles. The van der Waals surface area contributed by atoms with Crippen LogP contribution in [0.15, 0.2) is 34.2 Å². The van der Waals surface area contributed by atoms with Gasteiger partial charge in [0.1, 0.15) is 5.84 Å². The number of nitrogens with one attached hydrogen (secondary N) is 1. The third kappa shape index (κ3) is 2.18. The zero-order chi connectivity index (χ0) is 12.5. The van der Waals surface area contributed by atoms with Gasteiger partial charge in [-0.25, -0.2) is 8.42 Å². The van der Waals surface area contributed by atoms with E-state index >= 15 is 0 Å². The molecule has 1 aliphatic heterocycles. The van der Waals surface area contributed by atoms with Gasteiger partial charge in [-0.2, -0.15) is 0 Å². The molecule has 0 amide bonds. The number of nitrogens with zero attached hydrogens (tertiary/aromatic N) is 1. The van der Waals surface area contributed by atoms with Crippen LogP contribution in [-0.2, 0) is 10.0 Å². The van der Waals surface area contributed by atoms with Crippen molar-refractivity contribution in [1.82, 2.24) is 4.72 Å². The van der Waals surface area contributed by atoms with Crippen LogP contribution in [0.1, 0.15) is 18.9 Å². The molecule has 1 atom stereocenters. The Morgan fingerprint density at radius 1 is 1.41 bits per heavy atom. The Morgan fingerprint density at radius 3 is 2.76 bits per heavy atom. The number of sulfonamides is 1. The smallest absolute Gasteiger partial charge is 0.263 e. The van der Waals surface area contributed by atoms with Crippen molar-refractivity contribution in [2.24, 2.45) is 4.99 Å². The van der Waals surface area contributed by atoms with E-state index < -0.39 is 10.0 Å². The van der Waals surface area contributed by atoms with Crippen LogP contribution in [0.4, 0.5) is 0 Å². The van der Waals surface area contributed by atoms with E-state index in [2.05, 4.69) is 9.71 Å². The minimum atomic E-state index is -3.48. The standard InChI is InChI=1S/C11H14N2O3S/c1-2-8(7-14)12-11-9-5-3-4-6-10(9)17(15,16)13-11/h3-6,8,14H,2,7H2,1H3,(H,12,13). The Kier molecular flexibility index (Phi) is 3.17. The van der Waals surface area contributed by atoms with Crippen LogP contribution in [-0.4, -0.2) is 32.0 Å². The Labute approximate surface area is 100 Å². The molecule has 0 radical (unpaired) electrons. The van der Waals surface area contributed by atoms with Crippen LogP contribution in [0, 0.1) is 0 Å². The summed E-state index contributed by atoms with van der Waals surface area (Å²) in [4.78, 5) is 4.47. The van der Waals surface area contributed by atoms with E-state index in [1.165, 1.54) is 0 Å². The molecule has 5 nitrogen and oxygen atoms in total. The largest absolute Gasteiger partial charge is 0.394 e. The lowest BCUT2D eigenvalue weighted by Gasteiger charge is -2.07. The Bertz CT molecular complexity index is 548. The van der Waals surface area contributed by atoms with Gasteiger partial charge in [-0.15, -0.1) is 0 Å². The summed E-state index contributed by atoms with van der Waals surface area (Å²) >= 11 is 0. The summed E-state index contributed by atoms with van der Waals surface area (Å²) < 4.78 is 25.9. The molecule has 1 heterocycles. The molecule has 0 bridgehead atoms. The number of hydrogen-bond acceptors (Lipinski definition) is 4. The van der Waals surface area contributed by atoms with E-state index in [4.69, 9.17) is 5.11 Å². The van der Waals surface area contributed by atoms with Crippen LogP contribution in [0.2, 0.25) is 0 Å². The predicted molar refractivity (Wildman–Crippen MR) is 64.5 cm³/mol. The number of aliphatic imine (C=N–C) groups is 1. The number of fused-ring (bicyclic) bond motifs is 1. The number of aliphatic hydroxyl groups is 1. The van der Waals surface area contributed by atoms with Gasteiger partial charge < -0.3 is 5.11 Å². The van der Waals surface area contributed by atoms with Crippen molar-refractivity contribution >= 4 is 15.9 Å². The molecule has 17 heavy (non-hydrogen) atoms. The van der Waals surface area contributed by atoms with Gasteiger partial charge in [0.05, 0.1) is 17.5 Å². The van der Waals surface area contributed by atoms with E-state index in [9.17, 15) is 8.42 Å². The Hall–Kier alpha value is -1.40. The van der Waals surface area contributed by atoms with E-state index in [0.29, 0.717) is 17.8 Å². The fourth-order valence-corrected chi connectivity index (χ4v) is 2.91. The highest BCUT2D eigenvalue weighted by Crippen LogP contribution is 2.22. The highest BCUT2D eigenvalue weighted by Gasteiger charge is 2.30. The van der Waals surface area contributed by atoms with Crippen LogP contribution >= 0.6 is 0 Å². The molecule has 2 N–H and O–H groups in total. The zero-order valence-electron chi connectivity index (χ0n) is 9.42. The van der Waals surface area contributed by atoms with Crippen LogP contribution in [0.3, 0.4) is 0 Å². The summed E-state index contributed by atoms with van der Waals surface area (Å²) in [6.45, 7) is 1.80. The third-order valence-corrected chi connectivity index (χ3v) is 4.05. The second-order valence-corrected chi connectivity index (χ2v) is 5.47. The van der Waals surface area contributed by atoms with Crippen molar-refractivity contribution in [2.75, 3.05) is 6.61 Å². The van der Waals surface area contributed by atoms with Crippen molar-refractivity contribution < 1.29 is 13.5 Å². The van der Waals surface area contributed by atoms with Gasteiger partial charge in [-0.05, 0) is 18.6 Å². The van der Waals surface area contributed by atoms with Gasteiger partial charge in [0, 0.05) is 5.56 Å². The summed E-state index contributed by atoms with van der Waals surface area (Å²) in [5.74, 6) is 0.321. The maximum absolute atomic E-state index is 11.8. The summed E-state index contributed by atoms with van der Waals surface area (Å²) in [5, 5.41) is 9.08. The second-order valence-electron chi connectivity index (χ2n) is 3.82. The molecular formula is C11H14N2O3S. The average molecular weight is 254 g/mol. The lowest BCUT2D eigenvalue weighted by molar-refractivity contribution is 0.264. The minimum absolute atomic E-state index is 0.0934. The molecule has 1 unspecified atom stereocenters. The van der Waals surface area contributed by atoms with Crippen molar-refractivity contribution in [3.05, 3.63) is 29.8 Å². The van der Waals surface area contributed by atoms with Gasteiger partial charge in [0.25, 0.3) is 10.0 Å². The predicted octanol–water partition coefficient (Wildman–Crippen LogP) is 0.496. The molecule has 0 saturated heterocycles. The molecular weight excluding hydrogens is 240 g/mol. The third-order valence-electron chi connectivity index (χ3n) is 2.66. The van der Waals surface area contributed by atoms with Crippen molar-refractivity contribution in [1.29, 1.82) is 0 Å². The monoisotopic (exact) mass is 254 g/mol. The fourth-order valence-electron chi connectivity index (χ4n) is 1.67. The number of aliphatic hydroxyl groups excluding tert-OH is 1. The summed E-state index contributed by atoms with van der Waals surface area (Å²) in [6.07, 6.45) is 0.657. The number of rotatable bonds is 3. The highest BCUT2D eigenvalue weighted by molar-refractivity contribution is 7.90. The van der Waals surface area contributed by atoms with Crippen LogP contribution in [0.5, 0.6) is 0 Å². The van der Waals surface area contributed by atoms with Crippen LogP contribution in [0.25, 0.3) is 0 Å². The van der Waals surface area contributed by atoms with Gasteiger partial charge in [-0.1, -0.05) is 19.1 Å². The topological polar surface area (TPSA) is 78.8 Å². The molecule has 6 heteroatoms. The second kappa shape index (κ2) is 4.46. The first-order chi connectivity index (χ1) is 8.08. The van der Waals surface area contributed by atoms with Crippen molar-refractivity contribution in [3.63, 3.8) is 0 Å². The molecule has 2 rings (SSSR count). The molecule has 92 valence electrons. The molecule has 1 aliphatic rings. The quantitative estimate of drug-likeness (QED) is 0.824. The first-order valence-electron chi connectivity index (χ1n) is 5.39. The van der Waals surface area contributed by atoms with Gasteiger partial charge in [0.2, 0.25) is 0 Å². The highest BCUT2D eigenvalue weighted by atomic mass is 32.2. The number of hydrogen-bond donors (Lipinski definition) is 2. The number of amidine groups is 1. The lowest BCUT2D eigenvalue weighted by Crippen LogP contribution is -2.24.